The largest absolute Gasteiger partial charge is 0.491 e. The lowest BCUT2D eigenvalue weighted by Gasteiger charge is -2.21. The molecule has 2 N–H and O–H groups in total. The Bertz CT molecular complexity index is 395. The maximum absolute atomic E-state index is 11.6. The Hall–Kier alpha value is -1.59. The van der Waals surface area contributed by atoms with Crippen molar-refractivity contribution in [3.8, 4) is 5.75 Å². The maximum atomic E-state index is 11.6. The fourth-order valence-electron chi connectivity index (χ4n) is 1.80. The first-order valence-electron chi connectivity index (χ1n) is 6.81. The molecule has 0 aromatic heterocycles. The Morgan fingerprint density at radius 2 is 2.00 bits per heavy atom. The van der Waals surface area contributed by atoms with E-state index in [0.717, 1.165) is 5.75 Å². The summed E-state index contributed by atoms with van der Waals surface area (Å²) in [7, 11) is 1.80. The maximum Gasteiger partial charge on any atom is 0.234 e. The number of benzene rings is 1. The highest BCUT2D eigenvalue weighted by Gasteiger charge is 2.12. The van der Waals surface area contributed by atoms with Crippen molar-refractivity contribution in [1.29, 1.82) is 0 Å². The SMILES string of the molecule is CC(C)NC(=O)CN(C)CC(O)COc1ccccc1. The van der Waals surface area contributed by atoms with Crippen molar-refractivity contribution in [2.24, 2.45) is 0 Å². The third-order valence-electron chi connectivity index (χ3n) is 2.57. The summed E-state index contributed by atoms with van der Waals surface area (Å²) in [6, 6.07) is 9.47. The van der Waals surface area contributed by atoms with Gasteiger partial charge in [-0.25, -0.2) is 0 Å². The molecular formula is C15H24N2O3. The van der Waals surface area contributed by atoms with Crippen molar-refractivity contribution >= 4 is 5.91 Å². The van der Waals surface area contributed by atoms with Gasteiger partial charge in [-0.05, 0) is 33.0 Å². The third-order valence-corrected chi connectivity index (χ3v) is 2.57. The van der Waals surface area contributed by atoms with Gasteiger partial charge < -0.3 is 15.2 Å². The second-order valence-electron chi connectivity index (χ2n) is 5.20. The minimum Gasteiger partial charge on any atom is -0.491 e. The molecule has 20 heavy (non-hydrogen) atoms. The topological polar surface area (TPSA) is 61.8 Å². The molecule has 0 fully saturated rings. The van der Waals surface area contributed by atoms with Gasteiger partial charge in [0.2, 0.25) is 5.91 Å². The predicted octanol–water partition coefficient (Wildman–Crippen LogP) is 0.883. The summed E-state index contributed by atoms with van der Waals surface area (Å²) in [5.41, 5.74) is 0. The van der Waals surface area contributed by atoms with Gasteiger partial charge in [-0.1, -0.05) is 18.2 Å². The van der Waals surface area contributed by atoms with Gasteiger partial charge in [0.05, 0.1) is 6.54 Å². The highest BCUT2D eigenvalue weighted by atomic mass is 16.5. The molecule has 0 aliphatic heterocycles. The number of ether oxygens (including phenoxy) is 1. The molecule has 0 bridgehead atoms. The van der Waals surface area contributed by atoms with E-state index in [1.54, 1.807) is 11.9 Å². The number of para-hydroxylation sites is 1. The van der Waals surface area contributed by atoms with E-state index in [-0.39, 0.29) is 25.1 Å². The average molecular weight is 280 g/mol. The van der Waals surface area contributed by atoms with Crippen molar-refractivity contribution < 1.29 is 14.6 Å². The summed E-state index contributed by atoms with van der Waals surface area (Å²) in [6.07, 6.45) is -0.632. The van der Waals surface area contributed by atoms with Crippen molar-refractivity contribution in [2.75, 3.05) is 26.7 Å². The first-order chi connectivity index (χ1) is 9.47. The Labute approximate surface area is 120 Å². The number of hydrogen-bond donors (Lipinski definition) is 2. The molecule has 1 aromatic carbocycles. The van der Waals surface area contributed by atoms with Crippen molar-refractivity contribution in [1.82, 2.24) is 10.2 Å². The molecule has 1 aromatic rings. The van der Waals surface area contributed by atoms with Gasteiger partial charge in [-0.15, -0.1) is 0 Å². The van der Waals surface area contributed by atoms with Crippen LogP contribution >= 0.6 is 0 Å². The van der Waals surface area contributed by atoms with Crippen LogP contribution in [0.1, 0.15) is 13.8 Å². The fraction of sp³-hybridized carbons (Fsp3) is 0.533. The number of likely N-dealkylation sites (N-methyl/N-ethyl adjacent to an activating group) is 1. The van der Waals surface area contributed by atoms with Gasteiger partial charge in [-0.3, -0.25) is 9.69 Å². The van der Waals surface area contributed by atoms with Gasteiger partial charge in [0.15, 0.2) is 0 Å². The molecule has 0 saturated heterocycles. The fourth-order valence-corrected chi connectivity index (χ4v) is 1.80. The summed E-state index contributed by atoms with van der Waals surface area (Å²) >= 11 is 0. The van der Waals surface area contributed by atoms with Crippen LogP contribution in [-0.2, 0) is 4.79 Å². The van der Waals surface area contributed by atoms with Gasteiger partial charge >= 0.3 is 0 Å². The minimum atomic E-state index is -0.632. The number of hydrogen-bond acceptors (Lipinski definition) is 4. The summed E-state index contributed by atoms with van der Waals surface area (Å²) < 4.78 is 5.46. The average Bonchev–Trinajstić information content (AvgIpc) is 2.36. The van der Waals surface area contributed by atoms with Gasteiger partial charge in [-0.2, -0.15) is 0 Å². The minimum absolute atomic E-state index is 0.0429. The van der Waals surface area contributed by atoms with E-state index in [1.165, 1.54) is 0 Å². The van der Waals surface area contributed by atoms with E-state index in [2.05, 4.69) is 5.32 Å². The molecule has 0 aliphatic carbocycles. The lowest BCUT2D eigenvalue weighted by atomic mass is 10.3. The van der Waals surface area contributed by atoms with Crippen LogP contribution in [0.15, 0.2) is 30.3 Å². The zero-order valence-electron chi connectivity index (χ0n) is 12.4. The molecule has 1 unspecified atom stereocenters. The number of rotatable bonds is 8. The Kier molecular flexibility index (Phi) is 7.04. The van der Waals surface area contributed by atoms with Crippen LogP contribution in [-0.4, -0.2) is 54.8 Å². The number of carbonyl (C=O) groups is 1. The number of carbonyl (C=O) groups excluding carboxylic acids is 1. The molecule has 1 amide bonds. The second-order valence-corrected chi connectivity index (χ2v) is 5.20. The molecule has 0 aliphatic rings. The molecule has 5 heteroatoms. The lowest BCUT2D eigenvalue weighted by molar-refractivity contribution is -0.122. The first kappa shape index (κ1) is 16.5. The quantitative estimate of drug-likeness (QED) is 0.742. The highest BCUT2D eigenvalue weighted by Crippen LogP contribution is 2.08. The number of aliphatic hydroxyl groups excluding tert-OH is 1. The van der Waals surface area contributed by atoms with Crippen LogP contribution < -0.4 is 10.1 Å². The van der Waals surface area contributed by atoms with Crippen LogP contribution in [0.3, 0.4) is 0 Å². The Morgan fingerprint density at radius 1 is 1.35 bits per heavy atom. The molecule has 5 nitrogen and oxygen atoms in total. The van der Waals surface area contributed by atoms with Crippen LogP contribution in [0.2, 0.25) is 0 Å². The highest BCUT2D eigenvalue weighted by molar-refractivity contribution is 5.78. The molecule has 1 atom stereocenters. The van der Waals surface area contributed by atoms with E-state index in [4.69, 9.17) is 4.74 Å². The summed E-state index contributed by atoms with van der Waals surface area (Å²) in [6.45, 7) is 4.69. The summed E-state index contributed by atoms with van der Waals surface area (Å²) in [5, 5.41) is 12.7. The zero-order valence-corrected chi connectivity index (χ0v) is 12.4. The van der Waals surface area contributed by atoms with E-state index in [0.29, 0.717) is 6.54 Å². The van der Waals surface area contributed by atoms with Gasteiger partial charge in [0.1, 0.15) is 18.5 Å². The van der Waals surface area contributed by atoms with Crippen molar-refractivity contribution in [3.05, 3.63) is 30.3 Å². The van der Waals surface area contributed by atoms with Gasteiger partial charge in [0.25, 0.3) is 0 Å². The van der Waals surface area contributed by atoms with E-state index in [9.17, 15) is 9.90 Å². The number of nitrogens with one attached hydrogen (secondary N) is 1. The van der Waals surface area contributed by atoms with Crippen molar-refractivity contribution in [2.45, 2.75) is 26.0 Å². The van der Waals surface area contributed by atoms with Crippen LogP contribution in [0, 0.1) is 0 Å². The molecular weight excluding hydrogens is 256 g/mol. The summed E-state index contributed by atoms with van der Waals surface area (Å²) in [4.78, 5) is 13.3. The smallest absolute Gasteiger partial charge is 0.234 e. The van der Waals surface area contributed by atoms with E-state index in [1.807, 2.05) is 44.2 Å². The van der Waals surface area contributed by atoms with Crippen LogP contribution in [0.5, 0.6) is 5.75 Å². The van der Waals surface area contributed by atoms with Crippen LogP contribution in [0.25, 0.3) is 0 Å². The Balaban J connectivity index is 2.24. The van der Waals surface area contributed by atoms with E-state index < -0.39 is 6.10 Å². The van der Waals surface area contributed by atoms with Crippen LogP contribution in [0.4, 0.5) is 0 Å². The molecule has 0 saturated carbocycles. The predicted molar refractivity (Wildman–Crippen MR) is 78.7 cm³/mol. The zero-order chi connectivity index (χ0) is 15.0. The standard InChI is InChI=1S/C15H24N2O3/c1-12(2)16-15(19)10-17(3)9-13(18)11-20-14-7-5-4-6-8-14/h4-8,12-13,18H,9-11H2,1-3H3,(H,16,19). The first-order valence-corrected chi connectivity index (χ1v) is 6.81. The number of amides is 1. The van der Waals surface area contributed by atoms with Crippen molar-refractivity contribution in [3.63, 3.8) is 0 Å². The molecule has 0 heterocycles. The normalized spacial score (nSPS) is 12.5. The molecule has 112 valence electrons. The second kappa shape index (κ2) is 8.55. The Morgan fingerprint density at radius 3 is 2.60 bits per heavy atom. The van der Waals surface area contributed by atoms with Gasteiger partial charge in [0, 0.05) is 12.6 Å². The number of nitrogens with zero attached hydrogens (tertiary/aromatic N) is 1. The molecule has 0 radical (unpaired) electrons. The molecule has 0 spiro atoms. The lowest BCUT2D eigenvalue weighted by Crippen LogP contribution is -2.42. The van der Waals surface area contributed by atoms with E-state index >= 15 is 0 Å². The summed E-state index contributed by atoms with van der Waals surface area (Å²) in [5.74, 6) is 0.686. The monoisotopic (exact) mass is 280 g/mol. The third kappa shape index (κ3) is 7.11. The molecule has 1 rings (SSSR count). The number of aliphatic hydroxyl groups is 1.